The number of nitrogens with two attached hydrogens (primary N) is 1. The number of hydrogen-bond donors (Lipinski definition) is 1. The number of esters is 1. The molecule has 0 heterocycles. The van der Waals surface area contributed by atoms with Gasteiger partial charge in [-0.25, -0.2) is 4.79 Å². The number of carbonyl (C=O) groups is 2. The van der Waals surface area contributed by atoms with E-state index >= 15 is 0 Å². The molecular weight excluding hydrogens is 291 g/mol. The van der Waals surface area contributed by atoms with Crippen LogP contribution in [-0.4, -0.2) is 37.5 Å². The molecule has 0 aliphatic carbocycles. The second-order valence-corrected chi connectivity index (χ2v) is 4.80. The minimum Gasteiger partial charge on any atom is -0.468 e. The fraction of sp³-hybridized carbons (Fsp3) is 0.333. The lowest BCUT2D eigenvalue weighted by Gasteiger charge is -2.25. The van der Waals surface area contributed by atoms with Crippen molar-refractivity contribution >= 4 is 35.1 Å². The smallest absolute Gasteiger partial charge is 0.327 e. The van der Waals surface area contributed by atoms with Crippen LogP contribution in [0.1, 0.15) is 11.6 Å². The first-order chi connectivity index (χ1) is 8.86. The third-order valence-electron chi connectivity index (χ3n) is 2.53. The Hall–Kier alpha value is -1.30. The summed E-state index contributed by atoms with van der Waals surface area (Å²) in [7, 11) is 2.86. The molecule has 1 atom stereocenters. The number of methoxy groups -OCH3 is 1. The van der Waals surface area contributed by atoms with E-state index in [4.69, 9.17) is 33.7 Å². The molecule has 0 fully saturated rings. The van der Waals surface area contributed by atoms with Gasteiger partial charge < -0.3 is 10.5 Å². The van der Waals surface area contributed by atoms with Crippen molar-refractivity contribution in [3.63, 3.8) is 0 Å². The van der Waals surface area contributed by atoms with Gasteiger partial charge in [0, 0.05) is 0 Å². The standard InChI is InChI=1S/C12H14Cl2N2O3/c1-16(6-10(15)17)11(12(18)19-2)7-3-4-8(13)9(14)5-7/h3-5,11H,6H2,1-2H3,(H2,15,17). The molecule has 1 aromatic rings. The van der Waals surface area contributed by atoms with Gasteiger partial charge in [0.1, 0.15) is 6.04 Å². The van der Waals surface area contributed by atoms with E-state index in [1.807, 2.05) is 0 Å². The van der Waals surface area contributed by atoms with Crippen molar-refractivity contribution in [2.45, 2.75) is 6.04 Å². The van der Waals surface area contributed by atoms with Crippen LogP contribution in [0, 0.1) is 0 Å². The summed E-state index contributed by atoms with van der Waals surface area (Å²) in [6.45, 7) is -0.0833. The van der Waals surface area contributed by atoms with Gasteiger partial charge in [-0.15, -0.1) is 0 Å². The van der Waals surface area contributed by atoms with Crippen molar-refractivity contribution in [1.82, 2.24) is 4.90 Å². The highest BCUT2D eigenvalue weighted by Crippen LogP contribution is 2.28. The second-order valence-electron chi connectivity index (χ2n) is 3.98. The Labute approximate surface area is 121 Å². The third kappa shape index (κ3) is 4.09. The highest BCUT2D eigenvalue weighted by Gasteiger charge is 2.27. The van der Waals surface area contributed by atoms with Crippen molar-refractivity contribution in [3.8, 4) is 0 Å². The zero-order chi connectivity index (χ0) is 14.6. The molecule has 0 bridgehead atoms. The van der Waals surface area contributed by atoms with Crippen LogP contribution in [0.5, 0.6) is 0 Å². The van der Waals surface area contributed by atoms with Crippen molar-refractivity contribution < 1.29 is 14.3 Å². The average Bonchev–Trinajstić information content (AvgIpc) is 2.32. The quantitative estimate of drug-likeness (QED) is 0.839. The molecule has 1 amide bonds. The maximum atomic E-state index is 11.8. The number of nitrogens with zero attached hydrogens (tertiary/aromatic N) is 1. The van der Waals surface area contributed by atoms with Gasteiger partial charge in [0.15, 0.2) is 0 Å². The molecule has 0 radical (unpaired) electrons. The molecule has 0 saturated carbocycles. The van der Waals surface area contributed by atoms with Crippen LogP contribution >= 0.6 is 23.2 Å². The zero-order valence-corrected chi connectivity index (χ0v) is 12.0. The number of rotatable bonds is 5. The number of benzene rings is 1. The van der Waals surface area contributed by atoms with Gasteiger partial charge >= 0.3 is 5.97 Å². The van der Waals surface area contributed by atoms with Gasteiger partial charge in [-0.05, 0) is 24.7 Å². The predicted molar refractivity (Wildman–Crippen MR) is 73.0 cm³/mol. The summed E-state index contributed by atoms with van der Waals surface area (Å²) in [5.41, 5.74) is 5.70. The number of likely N-dealkylation sites (N-methyl/N-ethyl adjacent to an activating group) is 1. The molecular formula is C12H14Cl2N2O3. The third-order valence-corrected chi connectivity index (χ3v) is 3.27. The fourth-order valence-electron chi connectivity index (χ4n) is 1.70. The van der Waals surface area contributed by atoms with Gasteiger partial charge in [-0.1, -0.05) is 29.3 Å². The zero-order valence-electron chi connectivity index (χ0n) is 10.5. The number of halogens is 2. The number of primary amides is 1. The average molecular weight is 305 g/mol. The lowest BCUT2D eigenvalue weighted by atomic mass is 10.1. The van der Waals surface area contributed by atoms with Crippen LogP contribution in [0.4, 0.5) is 0 Å². The first-order valence-corrected chi connectivity index (χ1v) is 6.13. The highest BCUT2D eigenvalue weighted by atomic mass is 35.5. The normalized spacial score (nSPS) is 12.3. The van der Waals surface area contributed by atoms with E-state index in [2.05, 4.69) is 0 Å². The summed E-state index contributed by atoms with van der Waals surface area (Å²) in [6, 6.07) is 4.01. The number of amides is 1. The molecule has 1 aromatic carbocycles. The Morgan fingerprint density at radius 3 is 2.47 bits per heavy atom. The predicted octanol–water partition coefficient (Wildman–Crippen LogP) is 1.62. The lowest BCUT2D eigenvalue weighted by molar-refractivity contribution is -0.147. The van der Waals surface area contributed by atoms with Crippen molar-refractivity contribution in [1.29, 1.82) is 0 Å². The molecule has 5 nitrogen and oxygen atoms in total. The molecule has 0 aliphatic rings. The minimum absolute atomic E-state index is 0.0833. The molecule has 104 valence electrons. The molecule has 0 spiro atoms. The van der Waals surface area contributed by atoms with Gasteiger partial charge in [0.2, 0.25) is 5.91 Å². The van der Waals surface area contributed by atoms with E-state index < -0.39 is 17.9 Å². The molecule has 19 heavy (non-hydrogen) atoms. The minimum atomic E-state index is -0.771. The second kappa shape index (κ2) is 6.75. The first-order valence-electron chi connectivity index (χ1n) is 5.38. The first kappa shape index (κ1) is 15.8. The Morgan fingerprint density at radius 2 is 2.00 bits per heavy atom. The summed E-state index contributed by atoms with van der Waals surface area (Å²) < 4.78 is 4.73. The molecule has 2 N–H and O–H groups in total. The van der Waals surface area contributed by atoms with Crippen LogP contribution in [0.25, 0.3) is 0 Å². The summed E-state index contributed by atoms with van der Waals surface area (Å²) in [4.78, 5) is 24.3. The van der Waals surface area contributed by atoms with Crippen molar-refractivity contribution in [2.75, 3.05) is 20.7 Å². The van der Waals surface area contributed by atoms with Gasteiger partial charge in [-0.3, -0.25) is 9.69 Å². The van der Waals surface area contributed by atoms with E-state index in [0.717, 1.165) is 0 Å². The van der Waals surface area contributed by atoms with Gasteiger partial charge in [0.25, 0.3) is 0 Å². The molecule has 1 rings (SSSR count). The maximum absolute atomic E-state index is 11.8. The molecule has 1 unspecified atom stereocenters. The summed E-state index contributed by atoms with van der Waals surface area (Å²) >= 11 is 11.7. The number of carbonyl (C=O) groups excluding carboxylic acids is 2. The maximum Gasteiger partial charge on any atom is 0.327 e. The largest absolute Gasteiger partial charge is 0.468 e. The van der Waals surface area contributed by atoms with E-state index in [1.54, 1.807) is 25.2 Å². The van der Waals surface area contributed by atoms with E-state index in [0.29, 0.717) is 15.6 Å². The van der Waals surface area contributed by atoms with Crippen LogP contribution in [0.2, 0.25) is 10.0 Å². The number of ether oxygens (including phenoxy) is 1. The van der Waals surface area contributed by atoms with Crippen molar-refractivity contribution in [3.05, 3.63) is 33.8 Å². The van der Waals surface area contributed by atoms with Crippen molar-refractivity contribution in [2.24, 2.45) is 5.73 Å². The Morgan fingerprint density at radius 1 is 1.37 bits per heavy atom. The summed E-state index contributed by atoms with van der Waals surface area (Å²) in [5, 5.41) is 0.701. The molecule has 0 aromatic heterocycles. The Kier molecular flexibility index (Phi) is 5.60. The van der Waals surface area contributed by atoms with E-state index in [9.17, 15) is 9.59 Å². The topological polar surface area (TPSA) is 72.6 Å². The monoisotopic (exact) mass is 304 g/mol. The lowest BCUT2D eigenvalue weighted by Crippen LogP contribution is -2.37. The summed E-state index contributed by atoms with van der Waals surface area (Å²) in [5.74, 6) is -1.06. The molecule has 7 heteroatoms. The fourth-order valence-corrected chi connectivity index (χ4v) is 2.01. The Balaban J connectivity index is 3.12. The Bertz CT molecular complexity index is 494. The molecule has 0 aliphatic heterocycles. The molecule has 0 saturated heterocycles. The van der Waals surface area contributed by atoms with Crippen LogP contribution < -0.4 is 5.73 Å². The van der Waals surface area contributed by atoms with E-state index in [-0.39, 0.29) is 6.54 Å². The van der Waals surface area contributed by atoms with E-state index in [1.165, 1.54) is 12.0 Å². The van der Waals surface area contributed by atoms with Crippen LogP contribution in [0.15, 0.2) is 18.2 Å². The van der Waals surface area contributed by atoms with Crippen LogP contribution in [0.3, 0.4) is 0 Å². The summed E-state index contributed by atoms with van der Waals surface area (Å²) in [6.07, 6.45) is 0. The van der Waals surface area contributed by atoms with Gasteiger partial charge in [0.05, 0.1) is 23.7 Å². The van der Waals surface area contributed by atoms with Gasteiger partial charge in [-0.2, -0.15) is 0 Å². The number of hydrogen-bond acceptors (Lipinski definition) is 4. The SMILES string of the molecule is COC(=O)C(c1ccc(Cl)c(Cl)c1)N(C)CC(N)=O. The van der Waals surface area contributed by atoms with Crippen LogP contribution in [-0.2, 0) is 14.3 Å². The highest BCUT2D eigenvalue weighted by molar-refractivity contribution is 6.42.